The van der Waals surface area contributed by atoms with Crippen LogP contribution in [-0.4, -0.2) is 11.5 Å². The number of nitrogens with zero attached hydrogens (tertiary/aromatic N) is 1. The first-order valence-corrected chi connectivity index (χ1v) is 7.37. The second-order valence-electron chi connectivity index (χ2n) is 3.43. The van der Waals surface area contributed by atoms with Crippen LogP contribution in [0.25, 0.3) is 0 Å². The predicted molar refractivity (Wildman–Crippen MR) is 71.6 cm³/mol. The molecule has 0 aromatic carbocycles. The molecule has 2 aromatic rings. The topological polar surface area (TPSA) is 24.9 Å². The Bertz CT molecular complexity index is 425. The monoisotopic (exact) mass is 272 g/mol. The van der Waals surface area contributed by atoms with Crippen molar-refractivity contribution in [1.82, 2.24) is 10.3 Å². The number of thiophene rings is 1. The summed E-state index contributed by atoms with van der Waals surface area (Å²) >= 11 is 9.47. The molecule has 1 N–H and O–H groups in total. The Labute approximate surface area is 108 Å². The number of hydrogen-bond donors (Lipinski definition) is 1. The minimum absolute atomic E-state index is 0.138. The lowest BCUT2D eigenvalue weighted by Crippen LogP contribution is -2.22. The van der Waals surface area contributed by atoms with Crippen molar-refractivity contribution >= 4 is 34.3 Å². The van der Waals surface area contributed by atoms with E-state index in [2.05, 4.69) is 22.6 Å². The number of hydrogen-bond acceptors (Lipinski definition) is 4. The molecule has 0 amide bonds. The fourth-order valence-corrected chi connectivity index (χ4v) is 3.33. The lowest BCUT2D eigenvalue weighted by atomic mass is 10.2. The molecule has 0 aliphatic heterocycles. The first-order valence-electron chi connectivity index (χ1n) is 5.17. The number of aromatic nitrogens is 1. The highest BCUT2D eigenvalue weighted by Crippen LogP contribution is 2.32. The minimum Gasteiger partial charge on any atom is -0.304 e. The summed E-state index contributed by atoms with van der Waals surface area (Å²) in [7, 11) is 0. The Hall–Kier alpha value is -0.420. The molecule has 1 unspecified atom stereocenters. The molecule has 2 heterocycles. The van der Waals surface area contributed by atoms with Crippen LogP contribution in [0.5, 0.6) is 0 Å². The van der Waals surface area contributed by atoms with E-state index in [9.17, 15) is 0 Å². The maximum atomic E-state index is 6.18. The van der Waals surface area contributed by atoms with Crippen LogP contribution in [0.15, 0.2) is 22.3 Å². The fourth-order valence-electron chi connectivity index (χ4n) is 1.50. The van der Waals surface area contributed by atoms with Gasteiger partial charge >= 0.3 is 0 Å². The lowest BCUT2D eigenvalue weighted by Gasteiger charge is -2.15. The average Bonchev–Trinajstić information content (AvgIpc) is 2.91. The second-order valence-corrected chi connectivity index (χ2v) is 5.51. The van der Waals surface area contributed by atoms with Crippen molar-refractivity contribution in [2.24, 2.45) is 0 Å². The Morgan fingerprint density at radius 2 is 2.44 bits per heavy atom. The number of thiazole rings is 1. The van der Waals surface area contributed by atoms with E-state index in [0.29, 0.717) is 0 Å². The van der Waals surface area contributed by atoms with E-state index in [1.54, 1.807) is 22.7 Å². The SMILES string of the molecule is CCCNC(c1cscn1)c1sccc1Cl. The summed E-state index contributed by atoms with van der Waals surface area (Å²) in [5.74, 6) is 0. The van der Waals surface area contributed by atoms with E-state index < -0.39 is 0 Å². The van der Waals surface area contributed by atoms with E-state index in [-0.39, 0.29) is 6.04 Å². The van der Waals surface area contributed by atoms with E-state index in [0.717, 1.165) is 28.6 Å². The average molecular weight is 273 g/mol. The molecule has 0 aliphatic rings. The standard InChI is InChI=1S/C11H13ClN2S2/c1-2-4-13-10(9-6-15-7-14-9)11-8(12)3-5-16-11/h3,5-7,10,13H,2,4H2,1H3. The maximum absolute atomic E-state index is 6.18. The van der Waals surface area contributed by atoms with Crippen LogP contribution in [-0.2, 0) is 0 Å². The highest BCUT2D eigenvalue weighted by Gasteiger charge is 2.19. The van der Waals surface area contributed by atoms with Gasteiger partial charge in [-0.05, 0) is 24.4 Å². The van der Waals surface area contributed by atoms with Gasteiger partial charge in [0, 0.05) is 10.3 Å². The zero-order valence-corrected chi connectivity index (χ0v) is 11.3. The molecule has 5 heteroatoms. The summed E-state index contributed by atoms with van der Waals surface area (Å²) in [6, 6.07) is 2.08. The zero-order chi connectivity index (χ0) is 11.4. The van der Waals surface area contributed by atoms with Crippen molar-refractivity contribution in [2.75, 3.05) is 6.54 Å². The molecular weight excluding hydrogens is 260 g/mol. The van der Waals surface area contributed by atoms with Crippen LogP contribution in [0.3, 0.4) is 0 Å². The van der Waals surface area contributed by atoms with E-state index >= 15 is 0 Å². The zero-order valence-electron chi connectivity index (χ0n) is 8.94. The van der Waals surface area contributed by atoms with Gasteiger partial charge in [0.25, 0.3) is 0 Å². The van der Waals surface area contributed by atoms with Crippen LogP contribution < -0.4 is 5.32 Å². The van der Waals surface area contributed by atoms with Crippen LogP contribution >= 0.6 is 34.3 Å². The Morgan fingerprint density at radius 1 is 1.56 bits per heavy atom. The molecule has 0 saturated heterocycles. The van der Waals surface area contributed by atoms with E-state index in [4.69, 9.17) is 11.6 Å². The van der Waals surface area contributed by atoms with Gasteiger partial charge in [0.05, 0.1) is 22.3 Å². The first kappa shape index (κ1) is 12.0. The molecule has 0 spiro atoms. The summed E-state index contributed by atoms with van der Waals surface area (Å²) in [5, 5.41) is 8.40. The van der Waals surface area contributed by atoms with Gasteiger partial charge in [-0.3, -0.25) is 0 Å². The molecule has 0 bridgehead atoms. The molecule has 86 valence electrons. The van der Waals surface area contributed by atoms with Crippen molar-refractivity contribution in [3.05, 3.63) is 37.9 Å². The first-order chi connectivity index (χ1) is 7.83. The van der Waals surface area contributed by atoms with Gasteiger partial charge in [0.15, 0.2) is 0 Å². The number of halogens is 1. The van der Waals surface area contributed by atoms with Gasteiger partial charge in [0.1, 0.15) is 0 Å². The fraction of sp³-hybridized carbons (Fsp3) is 0.364. The smallest absolute Gasteiger partial charge is 0.0868 e. The predicted octanol–water partition coefficient (Wildman–Crippen LogP) is 3.95. The summed E-state index contributed by atoms with van der Waals surface area (Å²) < 4.78 is 0. The Balaban J connectivity index is 2.25. The van der Waals surface area contributed by atoms with Gasteiger partial charge < -0.3 is 5.32 Å². The van der Waals surface area contributed by atoms with Crippen molar-refractivity contribution in [3.63, 3.8) is 0 Å². The normalized spacial score (nSPS) is 12.9. The largest absolute Gasteiger partial charge is 0.304 e. The van der Waals surface area contributed by atoms with Crippen LogP contribution in [0.2, 0.25) is 5.02 Å². The van der Waals surface area contributed by atoms with Crippen LogP contribution in [0.4, 0.5) is 0 Å². The van der Waals surface area contributed by atoms with Gasteiger partial charge in [-0.15, -0.1) is 22.7 Å². The van der Waals surface area contributed by atoms with Crippen molar-refractivity contribution in [3.8, 4) is 0 Å². The number of nitrogens with one attached hydrogen (secondary N) is 1. The molecule has 2 aromatic heterocycles. The molecular formula is C11H13ClN2S2. The van der Waals surface area contributed by atoms with Crippen LogP contribution in [0, 0.1) is 0 Å². The van der Waals surface area contributed by atoms with Gasteiger partial charge in [-0.25, -0.2) is 4.98 Å². The Kier molecular flexibility index (Phi) is 4.35. The van der Waals surface area contributed by atoms with E-state index in [1.165, 1.54) is 0 Å². The van der Waals surface area contributed by atoms with Gasteiger partial charge in [0.2, 0.25) is 0 Å². The molecule has 2 nitrogen and oxygen atoms in total. The third-order valence-electron chi connectivity index (χ3n) is 2.25. The molecule has 16 heavy (non-hydrogen) atoms. The summed E-state index contributed by atoms with van der Waals surface area (Å²) in [6.07, 6.45) is 1.10. The summed E-state index contributed by atoms with van der Waals surface area (Å²) in [6.45, 7) is 3.12. The lowest BCUT2D eigenvalue weighted by molar-refractivity contribution is 0.596. The van der Waals surface area contributed by atoms with Crippen molar-refractivity contribution < 1.29 is 0 Å². The minimum atomic E-state index is 0.138. The van der Waals surface area contributed by atoms with Gasteiger partial charge in [-0.1, -0.05) is 18.5 Å². The summed E-state index contributed by atoms with van der Waals surface area (Å²) in [5.41, 5.74) is 2.92. The van der Waals surface area contributed by atoms with Gasteiger partial charge in [-0.2, -0.15) is 0 Å². The molecule has 0 fully saturated rings. The third-order valence-corrected chi connectivity index (χ3v) is 4.28. The molecule has 0 radical (unpaired) electrons. The van der Waals surface area contributed by atoms with Crippen LogP contribution in [0.1, 0.15) is 30.0 Å². The molecule has 0 saturated carbocycles. The quantitative estimate of drug-likeness (QED) is 0.892. The molecule has 0 aliphatic carbocycles. The second kappa shape index (κ2) is 5.77. The molecule has 2 rings (SSSR count). The molecule has 1 atom stereocenters. The summed E-state index contributed by atoms with van der Waals surface area (Å²) in [4.78, 5) is 5.52. The van der Waals surface area contributed by atoms with E-state index in [1.807, 2.05) is 17.0 Å². The maximum Gasteiger partial charge on any atom is 0.0868 e. The van der Waals surface area contributed by atoms with Crippen molar-refractivity contribution in [1.29, 1.82) is 0 Å². The highest BCUT2D eigenvalue weighted by molar-refractivity contribution is 7.10. The highest BCUT2D eigenvalue weighted by atomic mass is 35.5. The Morgan fingerprint density at radius 3 is 3.00 bits per heavy atom. The van der Waals surface area contributed by atoms with Crippen molar-refractivity contribution in [2.45, 2.75) is 19.4 Å². The number of rotatable bonds is 5. The third kappa shape index (κ3) is 2.63.